The Balaban J connectivity index is 1.39. The number of rotatable bonds is 8. The number of amides is 1. The predicted molar refractivity (Wildman–Crippen MR) is 97.5 cm³/mol. The highest BCUT2D eigenvalue weighted by Gasteiger charge is 2.13. The van der Waals surface area contributed by atoms with Gasteiger partial charge in [-0.05, 0) is 41.5 Å². The van der Waals surface area contributed by atoms with Gasteiger partial charge in [0.05, 0.1) is 0 Å². The third-order valence-electron chi connectivity index (χ3n) is 3.79. The van der Waals surface area contributed by atoms with Gasteiger partial charge >= 0.3 is 12.6 Å². The molecule has 1 aliphatic rings. The average Bonchev–Trinajstić information content (AvgIpc) is 3.17. The van der Waals surface area contributed by atoms with E-state index in [1.54, 1.807) is 18.2 Å². The lowest BCUT2D eigenvalue weighted by molar-refractivity contribution is -0.143. The van der Waals surface area contributed by atoms with Crippen molar-refractivity contribution in [3.05, 3.63) is 59.7 Å². The summed E-state index contributed by atoms with van der Waals surface area (Å²) in [7, 11) is 0. The van der Waals surface area contributed by atoms with E-state index >= 15 is 0 Å². The van der Waals surface area contributed by atoms with Crippen molar-refractivity contribution < 1.29 is 37.3 Å². The SMILES string of the molecule is O=C(COC(=O)/C=C/c1ccc(OC(F)F)cc1)NCc1ccc2c(c1)OCO2. The number of carbonyl (C=O) groups is 2. The average molecular weight is 405 g/mol. The van der Waals surface area contributed by atoms with E-state index in [1.165, 1.54) is 30.3 Å². The van der Waals surface area contributed by atoms with Crippen molar-refractivity contribution >= 4 is 18.0 Å². The van der Waals surface area contributed by atoms with Gasteiger partial charge in [-0.2, -0.15) is 8.78 Å². The van der Waals surface area contributed by atoms with E-state index in [1.807, 2.05) is 0 Å². The zero-order valence-corrected chi connectivity index (χ0v) is 15.1. The Morgan fingerprint density at radius 2 is 1.86 bits per heavy atom. The third-order valence-corrected chi connectivity index (χ3v) is 3.79. The van der Waals surface area contributed by atoms with Crippen LogP contribution in [0.2, 0.25) is 0 Å². The monoisotopic (exact) mass is 405 g/mol. The number of halogens is 2. The summed E-state index contributed by atoms with van der Waals surface area (Å²) in [5.41, 5.74) is 1.39. The highest BCUT2D eigenvalue weighted by molar-refractivity contribution is 5.89. The predicted octanol–water partition coefficient (Wildman–Crippen LogP) is 2.89. The topological polar surface area (TPSA) is 83.1 Å². The first kappa shape index (κ1) is 20.1. The molecule has 7 nitrogen and oxygen atoms in total. The molecule has 0 saturated carbocycles. The minimum Gasteiger partial charge on any atom is -0.454 e. The van der Waals surface area contributed by atoms with Crippen molar-refractivity contribution in [1.29, 1.82) is 0 Å². The van der Waals surface area contributed by atoms with E-state index in [4.69, 9.17) is 14.2 Å². The van der Waals surface area contributed by atoms with Gasteiger partial charge in [0, 0.05) is 12.6 Å². The number of ether oxygens (including phenoxy) is 4. The molecule has 0 bridgehead atoms. The molecule has 3 rings (SSSR count). The van der Waals surface area contributed by atoms with Crippen LogP contribution in [0.4, 0.5) is 8.78 Å². The van der Waals surface area contributed by atoms with Crippen molar-refractivity contribution in [2.24, 2.45) is 0 Å². The number of benzene rings is 2. The van der Waals surface area contributed by atoms with Crippen molar-refractivity contribution in [2.45, 2.75) is 13.2 Å². The fourth-order valence-corrected chi connectivity index (χ4v) is 2.41. The molecule has 0 spiro atoms. The van der Waals surface area contributed by atoms with Gasteiger partial charge in [0.2, 0.25) is 6.79 Å². The molecule has 0 radical (unpaired) electrons. The molecule has 0 unspecified atom stereocenters. The Kier molecular flexibility index (Phi) is 6.62. The number of hydrogen-bond acceptors (Lipinski definition) is 6. The maximum Gasteiger partial charge on any atom is 0.387 e. The molecule has 1 heterocycles. The van der Waals surface area contributed by atoms with Crippen LogP contribution < -0.4 is 19.5 Å². The van der Waals surface area contributed by atoms with Crippen LogP contribution in [0.15, 0.2) is 48.5 Å². The van der Waals surface area contributed by atoms with E-state index in [0.717, 1.165) is 11.6 Å². The zero-order valence-electron chi connectivity index (χ0n) is 15.1. The number of carbonyl (C=O) groups excluding carboxylic acids is 2. The molecule has 0 saturated heterocycles. The van der Waals surface area contributed by atoms with Crippen LogP contribution in [-0.4, -0.2) is 31.9 Å². The maximum atomic E-state index is 12.1. The van der Waals surface area contributed by atoms with Gasteiger partial charge < -0.3 is 24.3 Å². The van der Waals surface area contributed by atoms with Gasteiger partial charge in [-0.25, -0.2) is 4.79 Å². The molecule has 0 aliphatic carbocycles. The van der Waals surface area contributed by atoms with E-state index in [0.29, 0.717) is 17.1 Å². The number of nitrogens with one attached hydrogen (secondary N) is 1. The van der Waals surface area contributed by atoms with Gasteiger partial charge in [-0.3, -0.25) is 4.79 Å². The van der Waals surface area contributed by atoms with Crippen molar-refractivity contribution in [3.63, 3.8) is 0 Å². The van der Waals surface area contributed by atoms with Crippen LogP contribution in [0.5, 0.6) is 17.2 Å². The summed E-state index contributed by atoms with van der Waals surface area (Å²) in [6.07, 6.45) is 2.56. The van der Waals surface area contributed by atoms with Gasteiger partial charge in [0.15, 0.2) is 18.1 Å². The van der Waals surface area contributed by atoms with Crippen LogP contribution in [0.25, 0.3) is 6.08 Å². The van der Waals surface area contributed by atoms with Gasteiger partial charge in [-0.15, -0.1) is 0 Å². The smallest absolute Gasteiger partial charge is 0.387 e. The summed E-state index contributed by atoms with van der Waals surface area (Å²) in [4.78, 5) is 23.5. The summed E-state index contributed by atoms with van der Waals surface area (Å²) in [6.45, 7) is -2.92. The van der Waals surface area contributed by atoms with Crippen molar-refractivity contribution in [1.82, 2.24) is 5.32 Å². The number of alkyl halides is 2. The quantitative estimate of drug-likeness (QED) is 0.537. The Bertz CT molecular complexity index is 898. The first-order valence-electron chi connectivity index (χ1n) is 8.54. The molecular weight excluding hydrogens is 388 g/mol. The lowest BCUT2D eigenvalue weighted by Crippen LogP contribution is -2.28. The molecule has 0 fully saturated rings. The van der Waals surface area contributed by atoms with Gasteiger partial charge in [-0.1, -0.05) is 18.2 Å². The second-order valence-electron chi connectivity index (χ2n) is 5.85. The Hall–Kier alpha value is -3.62. The summed E-state index contributed by atoms with van der Waals surface area (Å²) in [6, 6.07) is 11.0. The molecule has 152 valence electrons. The molecule has 0 aromatic heterocycles. The van der Waals surface area contributed by atoms with Crippen LogP contribution in [-0.2, 0) is 20.9 Å². The fourth-order valence-electron chi connectivity index (χ4n) is 2.41. The van der Waals surface area contributed by atoms with E-state index in [2.05, 4.69) is 10.1 Å². The molecule has 1 amide bonds. The molecule has 9 heteroatoms. The highest BCUT2D eigenvalue weighted by Crippen LogP contribution is 2.32. The number of fused-ring (bicyclic) bond motifs is 1. The summed E-state index contributed by atoms with van der Waals surface area (Å²) >= 11 is 0. The third kappa shape index (κ3) is 6.20. The zero-order chi connectivity index (χ0) is 20.6. The first-order chi connectivity index (χ1) is 14.0. The van der Waals surface area contributed by atoms with Crippen LogP contribution in [0.1, 0.15) is 11.1 Å². The molecule has 0 atom stereocenters. The lowest BCUT2D eigenvalue weighted by Gasteiger charge is -2.06. The van der Waals surface area contributed by atoms with Crippen LogP contribution in [0, 0.1) is 0 Å². The van der Waals surface area contributed by atoms with Crippen molar-refractivity contribution in [3.8, 4) is 17.2 Å². The second-order valence-corrected chi connectivity index (χ2v) is 5.85. The first-order valence-corrected chi connectivity index (χ1v) is 8.54. The minimum atomic E-state index is -2.90. The Morgan fingerprint density at radius 1 is 1.10 bits per heavy atom. The molecule has 1 aliphatic heterocycles. The molecule has 2 aromatic carbocycles. The minimum absolute atomic E-state index is 0.0128. The van der Waals surface area contributed by atoms with Gasteiger partial charge in [0.25, 0.3) is 5.91 Å². The fraction of sp³-hybridized carbons (Fsp3) is 0.200. The molecule has 1 N–H and O–H groups in total. The molecule has 2 aromatic rings. The van der Waals surface area contributed by atoms with E-state index in [9.17, 15) is 18.4 Å². The normalized spacial score (nSPS) is 12.2. The second kappa shape index (κ2) is 9.54. The van der Waals surface area contributed by atoms with Gasteiger partial charge in [0.1, 0.15) is 5.75 Å². The molecule has 29 heavy (non-hydrogen) atoms. The lowest BCUT2D eigenvalue weighted by atomic mass is 10.2. The molecular formula is C20H17F2NO6. The number of esters is 1. The standard InChI is InChI=1S/C20H17F2NO6/c21-20(22)29-15-5-1-13(2-6-15)4-8-19(25)26-11-18(24)23-10-14-3-7-16-17(9-14)28-12-27-16/h1-9,20H,10-12H2,(H,23,24)/b8-4+. The summed E-state index contributed by atoms with van der Waals surface area (Å²) in [5.74, 6) is 0.104. The maximum absolute atomic E-state index is 12.1. The van der Waals surface area contributed by atoms with E-state index in [-0.39, 0.29) is 19.1 Å². The summed E-state index contributed by atoms with van der Waals surface area (Å²) in [5, 5.41) is 2.63. The van der Waals surface area contributed by atoms with Crippen LogP contribution >= 0.6 is 0 Å². The van der Waals surface area contributed by atoms with Crippen molar-refractivity contribution in [2.75, 3.05) is 13.4 Å². The number of hydrogen-bond donors (Lipinski definition) is 1. The summed E-state index contributed by atoms with van der Waals surface area (Å²) < 4.78 is 43.7. The largest absolute Gasteiger partial charge is 0.454 e. The highest BCUT2D eigenvalue weighted by atomic mass is 19.3. The Labute approximate surface area is 164 Å². The van der Waals surface area contributed by atoms with Crippen LogP contribution in [0.3, 0.4) is 0 Å². The Morgan fingerprint density at radius 3 is 2.62 bits per heavy atom. The van der Waals surface area contributed by atoms with E-state index < -0.39 is 25.1 Å².